The molecule has 0 spiro atoms. The summed E-state index contributed by atoms with van der Waals surface area (Å²) in [6.07, 6.45) is 7.32. The summed E-state index contributed by atoms with van der Waals surface area (Å²) >= 11 is 0. The van der Waals surface area contributed by atoms with Crippen LogP contribution in [0.15, 0.2) is 36.4 Å². The van der Waals surface area contributed by atoms with Gasteiger partial charge in [-0.3, -0.25) is 19.6 Å². The molecule has 3 aliphatic carbocycles. The summed E-state index contributed by atoms with van der Waals surface area (Å²) < 4.78 is 32.6. The molecule has 0 unspecified atom stereocenters. The number of hydrogen-bond acceptors (Lipinski definition) is 9. The fourth-order valence-corrected chi connectivity index (χ4v) is 7.07. The van der Waals surface area contributed by atoms with E-state index in [9.17, 15) is 27.6 Å². The van der Waals surface area contributed by atoms with Crippen LogP contribution in [0.1, 0.15) is 58.3 Å². The van der Waals surface area contributed by atoms with E-state index in [0.717, 1.165) is 31.5 Å². The maximum atomic E-state index is 13.6. The third kappa shape index (κ3) is 8.43. The van der Waals surface area contributed by atoms with Crippen molar-refractivity contribution < 1.29 is 32.3 Å². The van der Waals surface area contributed by atoms with E-state index >= 15 is 0 Å². The Bertz CT molecular complexity index is 1410. The fraction of sp³-hybridized carbons (Fsp3) is 0.625. The molecule has 13 heteroatoms. The summed E-state index contributed by atoms with van der Waals surface area (Å²) in [5, 5.41) is 5.51. The van der Waals surface area contributed by atoms with Crippen LogP contribution in [0.2, 0.25) is 0 Å². The van der Waals surface area contributed by atoms with Crippen LogP contribution in [0.25, 0.3) is 0 Å². The van der Waals surface area contributed by atoms with Gasteiger partial charge in [-0.15, -0.1) is 0 Å². The Morgan fingerprint density at radius 2 is 1.82 bits per heavy atom. The van der Waals surface area contributed by atoms with Crippen molar-refractivity contribution in [1.82, 2.24) is 14.9 Å². The zero-order valence-electron chi connectivity index (χ0n) is 26.9. The first-order valence-corrected chi connectivity index (χ1v) is 17.1. The zero-order valence-corrected chi connectivity index (χ0v) is 27.7. The average molecular weight is 646 g/mol. The van der Waals surface area contributed by atoms with Gasteiger partial charge in [-0.2, -0.15) is 0 Å². The number of unbranched alkanes of at least 4 members (excludes halogenated alkanes) is 2. The Morgan fingerprint density at radius 3 is 2.47 bits per heavy atom. The van der Waals surface area contributed by atoms with Crippen LogP contribution in [-0.2, 0) is 29.1 Å². The van der Waals surface area contributed by atoms with Crippen molar-refractivity contribution in [2.45, 2.75) is 74.7 Å². The molecule has 248 valence electrons. The van der Waals surface area contributed by atoms with E-state index < -0.39 is 56.2 Å². The number of carbonyl (C=O) groups is 4. The highest BCUT2D eigenvalue weighted by Gasteiger charge is 2.63. The molecule has 0 saturated heterocycles. The van der Waals surface area contributed by atoms with Gasteiger partial charge in [0.25, 0.3) is 5.91 Å². The van der Waals surface area contributed by atoms with Crippen molar-refractivity contribution in [2.24, 2.45) is 17.8 Å². The average Bonchev–Trinajstić information content (AvgIpc) is 3.85. The third-order valence-electron chi connectivity index (χ3n) is 9.15. The van der Waals surface area contributed by atoms with Crippen molar-refractivity contribution in [1.29, 1.82) is 0 Å². The van der Waals surface area contributed by atoms with E-state index in [0.29, 0.717) is 24.8 Å². The molecule has 0 bridgehead atoms. The Kier molecular flexibility index (Phi) is 10.6. The number of anilines is 2. The summed E-state index contributed by atoms with van der Waals surface area (Å²) in [5.74, 6) is -3.25. The minimum Gasteiger partial charge on any atom is -0.446 e. The highest BCUT2D eigenvalue weighted by Crippen LogP contribution is 2.48. The molecule has 3 amide bonds. The first-order chi connectivity index (χ1) is 21.2. The first kappa shape index (κ1) is 34.4. The van der Waals surface area contributed by atoms with E-state index in [2.05, 4.69) is 20.3 Å². The third-order valence-corrected chi connectivity index (χ3v) is 11.3. The monoisotopic (exact) mass is 645 g/mol. The molecule has 0 aromatic heterocycles. The van der Waals surface area contributed by atoms with Gasteiger partial charge in [0.1, 0.15) is 17.9 Å². The van der Waals surface area contributed by atoms with Gasteiger partial charge in [-0.25, -0.2) is 13.2 Å². The SMILES string of the molecule is CN(C)CCCC/C=C\[C@@H]1C[C@]1(NC(=O)[C@@H]1C[C@@H](OC(=O)Nc2cccc(N(C)C)c2)C[C@H]1C=O)C(=O)NS(=O)(=O)C1(C)CC1. The van der Waals surface area contributed by atoms with Gasteiger partial charge in [-0.1, -0.05) is 18.2 Å². The van der Waals surface area contributed by atoms with Crippen molar-refractivity contribution in [3.05, 3.63) is 36.4 Å². The molecule has 1 aromatic rings. The molecular formula is C32H47N5O7S. The van der Waals surface area contributed by atoms with Crippen LogP contribution in [0, 0.1) is 17.8 Å². The molecule has 12 nitrogen and oxygen atoms in total. The second-order valence-electron chi connectivity index (χ2n) is 13.4. The molecule has 3 saturated carbocycles. The van der Waals surface area contributed by atoms with Crippen molar-refractivity contribution >= 4 is 45.6 Å². The lowest BCUT2D eigenvalue weighted by Gasteiger charge is -2.23. The van der Waals surface area contributed by atoms with Crippen LogP contribution in [0.3, 0.4) is 0 Å². The topological polar surface area (TPSA) is 154 Å². The van der Waals surface area contributed by atoms with Crippen LogP contribution in [0.5, 0.6) is 0 Å². The normalized spacial score (nSPS) is 26.7. The van der Waals surface area contributed by atoms with Crippen molar-refractivity contribution in [3.8, 4) is 0 Å². The van der Waals surface area contributed by atoms with E-state index in [1.807, 2.05) is 51.3 Å². The minimum atomic E-state index is -3.92. The van der Waals surface area contributed by atoms with E-state index in [1.165, 1.54) is 0 Å². The Hall–Kier alpha value is -3.45. The lowest BCUT2D eigenvalue weighted by atomic mass is 9.96. The number of ether oxygens (including phenoxy) is 1. The van der Waals surface area contributed by atoms with Gasteiger partial charge in [0.15, 0.2) is 0 Å². The van der Waals surface area contributed by atoms with E-state index in [4.69, 9.17) is 4.74 Å². The number of nitrogens with one attached hydrogen (secondary N) is 3. The number of rotatable bonds is 15. The van der Waals surface area contributed by atoms with Gasteiger partial charge >= 0.3 is 6.09 Å². The molecular weight excluding hydrogens is 598 g/mol. The lowest BCUT2D eigenvalue weighted by Crippen LogP contribution is -2.54. The number of hydrogen-bond donors (Lipinski definition) is 3. The molecule has 1 aromatic carbocycles. The zero-order chi connectivity index (χ0) is 33.0. The van der Waals surface area contributed by atoms with Gasteiger partial charge in [-0.05, 0) is 97.1 Å². The maximum absolute atomic E-state index is 13.6. The second kappa shape index (κ2) is 13.9. The van der Waals surface area contributed by atoms with Crippen LogP contribution >= 0.6 is 0 Å². The van der Waals surface area contributed by atoms with Crippen LogP contribution in [0.4, 0.5) is 16.2 Å². The first-order valence-electron chi connectivity index (χ1n) is 15.6. The Balaban J connectivity index is 1.40. The highest BCUT2D eigenvalue weighted by molar-refractivity contribution is 7.91. The number of benzene rings is 1. The molecule has 45 heavy (non-hydrogen) atoms. The quantitative estimate of drug-likeness (QED) is 0.148. The van der Waals surface area contributed by atoms with Crippen LogP contribution in [-0.4, -0.2) is 88.6 Å². The molecule has 3 aliphatic rings. The number of allylic oxidation sites excluding steroid dienone is 1. The second-order valence-corrected chi connectivity index (χ2v) is 15.6. The largest absolute Gasteiger partial charge is 0.446 e. The lowest BCUT2D eigenvalue weighted by molar-refractivity contribution is -0.133. The van der Waals surface area contributed by atoms with Gasteiger partial charge in [0, 0.05) is 37.3 Å². The molecule has 0 aliphatic heterocycles. The number of carbonyl (C=O) groups excluding carboxylic acids is 4. The maximum Gasteiger partial charge on any atom is 0.411 e. The molecule has 3 fully saturated rings. The number of sulfonamides is 1. The summed E-state index contributed by atoms with van der Waals surface area (Å²) in [5.41, 5.74) is -0.00332. The summed E-state index contributed by atoms with van der Waals surface area (Å²) in [6, 6.07) is 7.22. The number of nitrogens with zero attached hydrogens (tertiary/aromatic N) is 2. The Morgan fingerprint density at radius 1 is 1.09 bits per heavy atom. The molecule has 3 N–H and O–H groups in total. The summed E-state index contributed by atoms with van der Waals surface area (Å²) in [7, 11) is 3.87. The standard InChI is InChI=1S/C32H47N5O7S/c1-31(14-15-31)45(42,43)35-29(40)32(20-23(32)11-8-6-7-9-16-36(2)3)34-28(39)27-19-26(17-22(27)21-38)44-30(41)33-24-12-10-13-25(18-24)37(4)5/h8,10-13,18,21-23,26-27H,6-7,9,14-17,19-20H2,1-5H3,(H,33,41)(H,34,39)(H,35,40)/b11-8-/t22-,23+,26-,27+,32+/m0/s1. The highest BCUT2D eigenvalue weighted by atomic mass is 32.2. The predicted octanol–water partition coefficient (Wildman–Crippen LogP) is 3.06. The van der Waals surface area contributed by atoms with Crippen molar-refractivity contribution in [3.63, 3.8) is 0 Å². The summed E-state index contributed by atoms with van der Waals surface area (Å²) in [6.45, 7) is 2.56. The van der Waals surface area contributed by atoms with Gasteiger partial charge < -0.3 is 24.6 Å². The molecule has 5 atom stereocenters. The van der Waals surface area contributed by atoms with Gasteiger partial charge in [0.05, 0.1) is 10.7 Å². The molecule has 0 heterocycles. The van der Waals surface area contributed by atoms with Crippen LogP contribution < -0.4 is 20.3 Å². The minimum absolute atomic E-state index is 0.0981. The Labute approximate surface area is 266 Å². The number of amides is 3. The molecule has 0 radical (unpaired) electrons. The van der Waals surface area contributed by atoms with Gasteiger partial charge in [0.2, 0.25) is 15.9 Å². The number of aldehydes is 1. The predicted molar refractivity (Wildman–Crippen MR) is 172 cm³/mol. The van der Waals surface area contributed by atoms with Crippen molar-refractivity contribution in [2.75, 3.05) is 45.0 Å². The smallest absolute Gasteiger partial charge is 0.411 e. The van der Waals surface area contributed by atoms with E-state index in [1.54, 1.807) is 25.1 Å². The van der Waals surface area contributed by atoms with E-state index in [-0.39, 0.29) is 25.2 Å². The molecule has 4 rings (SSSR count). The summed E-state index contributed by atoms with van der Waals surface area (Å²) in [4.78, 5) is 55.7. The fourth-order valence-electron chi connectivity index (χ4n) is 5.76.